The zero-order valence-electron chi connectivity index (χ0n) is 20.3. The molecule has 3 aromatic rings. The maximum atomic E-state index is 13.4. The van der Waals surface area contributed by atoms with E-state index in [-0.39, 0.29) is 18.2 Å². The number of aryl methyl sites for hydroxylation is 2. The van der Waals surface area contributed by atoms with Gasteiger partial charge in [0.2, 0.25) is 5.95 Å². The summed E-state index contributed by atoms with van der Waals surface area (Å²) >= 11 is 0. The summed E-state index contributed by atoms with van der Waals surface area (Å²) in [6.45, 7) is 5.59. The second-order valence-corrected chi connectivity index (χ2v) is 8.25. The van der Waals surface area contributed by atoms with E-state index in [1.54, 1.807) is 20.4 Å². The molecule has 0 aliphatic carbocycles. The Morgan fingerprint density at radius 3 is 2.44 bits per heavy atom. The van der Waals surface area contributed by atoms with Crippen molar-refractivity contribution in [1.29, 1.82) is 0 Å². The third-order valence-electron chi connectivity index (χ3n) is 5.67. The van der Waals surface area contributed by atoms with Gasteiger partial charge in [0.25, 0.3) is 0 Å². The molecule has 0 aliphatic heterocycles. The van der Waals surface area contributed by atoms with Crippen molar-refractivity contribution in [2.45, 2.75) is 52.7 Å². The van der Waals surface area contributed by atoms with E-state index >= 15 is 0 Å². The van der Waals surface area contributed by atoms with E-state index in [0.29, 0.717) is 26.1 Å². The summed E-state index contributed by atoms with van der Waals surface area (Å²) < 4.78 is 13.0. The molecule has 0 unspecified atom stereocenters. The fraction of sp³-hybridized carbons (Fsp3) is 0.440. The molecular weight excluding hydrogens is 434 g/mol. The normalized spacial score (nSPS) is 10.9. The second-order valence-electron chi connectivity index (χ2n) is 8.25. The summed E-state index contributed by atoms with van der Waals surface area (Å²) in [6.07, 6.45) is 4.23. The number of hydrogen-bond donors (Lipinski definition) is 1. The number of pyridine rings is 1. The Morgan fingerprint density at radius 2 is 1.76 bits per heavy atom. The number of nitrogens with zero attached hydrogens (tertiary/aromatic N) is 4. The van der Waals surface area contributed by atoms with Crippen LogP contribution in [0.15, 0.2) is 46.1 Å². The van der Waals surface area contributed by atoms with Gasteiger partial charge >= 0.3 is 11.4 Å². The van der Waals surface area contributed by atoms with Crippen LogP contribution in [0.2, 0.25) is 0 Å². The molecule has 0 amide bonds. The molecule has 0 atom stereocenters. The first kappa shape index (κ1) is 25.2. The van der Waals surface area contributed by atoms with E-state index in [2.05, 4.69) is 15.3 Å². The second kappa shape index (κ2) is 12.1. The van der Waals surface area contributed by atoms with E-state index in [0.717, 1.165) is 41.0 Å². The number of methoxy groups -OCH3 is 2. The lowest BCUT2D eigenvalue weighted by molar-refractivity contribution is 0.191. The predicted molar refractivity (Wildman–Crippen MR) is 132 cm³/mol. The molecule has 9 nitrogen and oxygen atoms in total. The maximum absolute atomic E-state index is 13.4. The van der Waals surface area contributed by atoms with E-state index in [1.807, 2.05) is 44.2 Å². The van der Waals surface area contributed by atoms with Gasteiger partial charge < -0.3 is 14.8 Å². The number of benzene rings is 1. The van der Waals surface area contributed by atoms with Crippen molar-refractivity contribution in [3.05, 3.63) is 79.9 Å². The fourth-order valence-corrected chi connectivity index (χ4v) is 3.69. The predicted octanol–water partition coefficient (Wildman–Crippen LogP) is 2.90. The van der Waals surface area contributed by atoms with Crippen LogP contribution in [-0.4, -0.2) is 39.9 Å². The van der Waals surface area contributed by atoms with Crippen molar-refractivity contribution in [2.75, 3.05) is 26.1 Å². The summed E-state index contributed by atoms with van der Waals surface area (Å²) in [4.78, 5) is 34.7. The van der Waals surface area contributed by atoms with Gasteiger partial charge in [-0.05, 0) is 68.0 Å². The third kappa shape index (κ3) is 6.54. The van der Waals surface area contributed by atoms with Crippen molar-refractivity contribution >= 4 is 5.95 Å². The van der Waals surface area contributed by atoms with Crippen LogP contribution in [0, 0.1) is 13.8 Å². The van der Waals surface area contributed by atoms with Gasteiger partial charge in [-0.25, -0.2) is 14.2 Å². The Kier molecular flexibility index (Phi) is 8.98. The van der Waals surface area contributed by atoms with Crippen LogP contribution >= 0.6 is 0 Å². The van der Waals surface area contributed by atoms with Crippen molar-refractivity contribution in [1.82, 2.24) is 19.1 Å². The number of rotatable bonds is 12. The van der Waals surface area contributed by atoms with Gasteiger partial charge in [-0.15, -0.1) is 0 Å². The lowest BCUT2D eigenvalue weighted by Crippen LogP contribution is -2.43. The first-order chi connectivity index (χ1) is 16.4. The highest BCUT2D eigenvalue weighted by Crippen LogP contribution is 2.14. The minimum atomic E-state index is -0.552. The monoisotopic (exact) mass is 467 g/mol. The largest absolute Gasteiger partial charge is 0.497 e. The summed E-state index contributed by atoms with van der Waals surface area (Å²) in [5.74, 6) is 0.970. The number of unbranched alkanes of at least 4 members (excludes halogenated alkanes) is 2. The molecule has 0 spiro atoms. The Labute approximate surface area is 199 Å². The van der Waals surface area contributed by atoms with E-state index < -0.39 is 5.69 Å². The fourth-order valence-electron chi connectivity index (χ4n) is 3.69. The highest BCUT2D eigenvalue weighted by atomic mass is 16.5. The van der Waals surface area contributed by atoms with Gasteiger partial charge in [0, 0.05) is 38.7 Å². The zero-order valence-corrected chi connectivity index (χ0v) is 20.3. The molecule has 9 heteroatoms. The number of hydrogen-bond acceptors (Lipinski definition) is 7. The van der Waals surface area contributed by atoms with Gasteiger partial charge in [0.1, 0.15) is 5.75 Å². The standard InChI is InChI=1S/C25H33N5O4/c1-18-14-19(2)26-15-21(18)16-27-23-28-24(31)29(12-6-5-7-13-33-3)25(32)30(23)17-20-8-10-22(34-4)11-9-20/h8-11,14-15H,5-7,12-13,16-17H2,1-4H3,(H,27,28,31). The molecule has 182 valence electrons. The Balaban J connectivity index is 1.90. The number of aromatic nitrogens is 4. The quantitative estimate of drug-likeness (QED) is 0.409. The SMILES string of the molecule is COCCCCCn1c(=O)nc(NCc2cnc(C)cc2C)n(Cc2ccc(OC)cc2)c1=O. The van der Waals surface area contributed by atoms with Gasteiger partial charge in [-0.2, -0.15) is 4.98 Å². The van der Waals surface area contributed by atoms with Crippen LogP contribution in [0.4, 0.5) is 5.95 Å². The molecule has 3 rings (SSSR count). The van der Waals surface area contributed by atoms with Crippen LogP contribution in [0.1, 0.15) is 41.6 Å². The van der Waals surface area contributed by atoms with Gasteiger partial charge in [-0.1, -0.05) is 12.1 Å². The smallest absolute Gasteiger partial charge is 0.354 e. The van der Waals surface area contributed by atoms with Crippen LogP contribution in [0.5, 0.6) is 5.75 Å². The maximum Gasteiger partial charge on any atom is 0.354 e. The first-order valence-electron chi connectivity index (χ1n) is 11.4. The molecule has 1 N–H and O–H groups in total. The minimum absolute atomic E-state index is 0.237. The lowest BCUT2D eigenvalue weighted by Gasteiger charge is -2.16. The molecule has 0 saturated heterocycles. The lowest BCUT2D eigenvalue weighted by atomic mass is 10.1. The third-order valence-corrected chi connectivity index (χ3v) is 5.67. The summed E-state index contributed by atoms with van der Waals surface area (Å²) in [5.41, 5.74) is 2.94. The molecule has 0 fully saturated rings. The molecule has 0 saturated carbocycles. The summed E-state index contributed by atoms with van der Waals surface area (Å²) in [5, 5.41) is 3.18. The summed E-state index contributed by atoms with van der Waals surface area (Å²) in [7, 11) is 3.27. The molecule has 0 radical (unpaired) electrons. The molecule has 0 aliphatic rings. The Bertz CT molecular complexity index is 1200. The van der Waals surface area contributed by atoms with Crippen LogP contribution in [0.25, 0.3) is 0 Å². The Morgan fingerprint density at radius 1 is 1.00 bits per heavy atom. The van der Waals surface area contributed by atoms with Crippen LogP contribution in [0.3, 0.4) is 0 Å². The first-order valence-corrected chi connectivity index (χ1v) is 11.4. The molecule has 1 aromatic carbocycles. The zero-order chi connectivity index (χ0) is 24.5. The minimum Gasteiger partial charge on any atom is -0.497 e. The number of ether oxygens (including phenoxy) is 2. The number of anilines is 1. The Hall–Kier alpha value is -3.46. The molecule has 2 heterocycles. The highest BCUT2D eigenvalue weighted by molar-refractivity contribution is 5.33. The van der Waals surface area contributed by atoms with Gasteiger partial charge in [-0.3, -0.25) is 9.55 Å². The van der Waals surface area contributed by atoms with E-state index in [4.69, 9.17) is 9.47 Å². The van der Waals surface area contributed by atoms with Crippen LogP contribution < -0.4 is 21.4 Å². The molecule has 2 aromatic heterocycles. The average Bonchev–Trinajstić information content (AvgIpc) is 2.82. The van der Waals surface area contributed by atoms with Crippen molar-refractivity contribution in [3.63, 3.8) is 0 Å². The van der Waals surface area contributed by atoms with Crippen molar-refractivity contribution < 1.29 is 9.47 Å². The van der Waals surface area contributed by atoms with Crippen molar-refractivity contribution in [2.24, 2.45) is 0 Å². The molecular formula is C25H33N5O4. The molecule has 34 heavy (non-hydrogen) atoms. The molecule has 0 bridgehead atoms. The van der Waals surface area contributed by atoms with Crippen molar-refractivity contribution in [3.8, 4) is 5.75 Å². The summed E-state index contributed by atoms with van der Waals surface area (Å²) in [6, 6.07) is 9.46. The highest BCUT2D eigenvalue weighted by Gasteiger charge is 2.14. The number of nitrogens with one attached hydrogen (secondary N) is 1. The van der Waals surface area contributed by atoms with Gasteiger partial charge in [0.05, 0.1) is 13.7 Å². The topological polar surface area (TPSA) is 100 Å². The van der Waals surface area contributed by atoms with Gasteiger partial charge in [0.15, 0.2) is 0 Å². The average molecular weight is 468 g/mol. The van der Waals surface area contributed by atoms with E-state index in [9.17, 15) is 9.59 Å². The van der Waals surface area contributed by atoms with Crippen LogP contribution in [-0.2, 0) is 24.4 Å². The van der Waals surface area contributed by atoms with E-state index in [1.165, 1.54) is 9.13 Å².